The molecule has 1 unspecified atom stereocenters. The average Bonchev–Trinajstić information content (AvgIpc) is 2.85. The smallest absolute Gasteiger partial charge is 0.244 e. The fourth-order valence-electron chi connectivity index (χ4n) is 5.18. The third-order valence-electron chi connectivity index (χ3n) is 7.71. The van der Waals surface area contributed by atoms with Crippen LogP contribution in [0.25, 0.3) is 0 Å². The van der Waals surface area contributed by atoms with Crippen LogP contribution in [-0.2, 0) is 16.4 Å². The summed E-state index contributed by atoms with van der Waals surface area (Å²) in [5.41, 5.74) is 1.29. The molecule has 0 bridgehead atoms. The molecule has 2 fully saturated rings. The van der Waals surface area contributed by atoms with Crippen LogP contribution < -0.4 is 9.64 Å². The zero-order chi connectivity index (χ0) is 24.3. The van der Waals surface area contributed by atoms with E-state index >= 15 is 0 Å². The highest BCUT2D eigenvalue weighted by Crippen LogP contribution is 2.31. The summed E-state index contributed by atoms with van der Waals surface area (Å²) in [5.74, 6) is 2.21. The van der Waals surface area contributed by atoms with Gasteiger partial charge < -0.3 is 14.5 Å². The molecule has 1 aromatic carbocycles. The quantitative estimate of drug-likeness (QED) is 0.595. The zero-order valence-electron chi connectivity index (χ0n) is 20.9. The second kappa shape index (κ2) is 10.2. The molecule has 2 aliphatic heterocycles. The Morgan fingerprint density at radius 2 is 1.85 bits per heavy atom. The van der Waals surface area contributed by atoms with Gasteiger partial charge in [-0.15, -0.1) is 0 Å². The van der Waals surface area contributed by atoms with Crippen molar-refractivity contribution < 1.29 is 13.2 Å². The van der Waals surface area contributed by atoms with E-state index < -0.39 is 10.0 Å². The summed E-state index contributed by atoms with van der Waals surface area (Å²) in [6, 6.07) is 11.7. The lowest BCUT2D eigenvalue weighted by Gasteiger charge is -2.45. The molecule has 0 N–H and O–H groups in total. The molecule has 34 heavy (non-hydrogen) atoms. The van der Waals surface area contributed by atoms with Gasteiger partial charge in [0.05, 0.1) is 7.11 Å². The number of piperidine rings is 2. The van der Waals surface area contributed by atoms with Crippen molar-refractivity contribution in [2.24, 2.45) is 5.92 Å². The summed E-state index contributed by atoms with van der Waals surface area (Å²) in [6.45, 7) is 5.19. The molecule has 0 radical (unpaired) electrons. The lowest BCUT2D eigenvalue weighted by Crippen LogP contribution is -2.54. The minimum atomic E-state index is -3.54. The van der Waals surface area contributed by atoms with Crippen molar-refractivity contribution in [3.05, 3.63) is 48.2 Å². The van der Waals surface area contributed by atoms with E-state index in [0.29, 0.717) is 19.0 Å². The lowest BCUT2D eigenvalue weighted by molar-refractivity contribution is 0.147. The molecule has 0 spiro atoms. The van der Waals surface area contributed by atoms with Gasteiger partial charge in [-0.05, 0) is 82.8 Å². The topological polar surface area (TPSA) is 66.0 Å². The normalized spacial score (nSPS) is 22.8. The number of hydrogen-bond donors (Lipinski definition) is 0. The number of methoxy groups -OCH3 is 1. The van der Waals surface area contributed by atoms with Gasteiger partial charge in [0.15, 0.2) is 0 Å². The molecule has 1 atom stereocenters. The monoisotopic (exact) mass is 486 g/mol. The fourth-order valence-corrected chi connectivity index (χ4v) is 6.59. The Morgan fingerprint density at radius 1 is 1.12 bits per heavy atom. The van der Waals surface area contributed by atoms with Crippen LogP contribution in [0.3, 0.4) is 0 Å². The number of pyridine rings is 1. The first-order valence-corrected chi connectivity index (χ1v) is 13.7. The van der Waals surface area contributed by atoms with Crippen LogP contribution in [0, 0.1) is 5.92 Å². The minimum absolute atomic E-state index is 0.0960. The molecule has 2 aromatic rings. The van der Waals surface area contributed by atoms with Gasteiger partial charge in [-0.1, -0.05) is 18.2 Å². The van der Waals surface area contributed by atoms with E-state index in [0.717, 1.165) is 56.8 Å². The van der Waals surface area contributed by atoms with E-state index in [4.69, 9.17) is 4.74 Å². The van der Waals surface area contributed by atoms with Crippen molar-refractivity contribution in [3.63, 3.8) is 0 Å². The molecule has 3 heterocycles. The van der Waals surface area contributed by atoms with Crippen LogP contribution in [0.1, 0.15) is 38.2 Å². The Balaban J connectivity index is 1.38. The Morgan fingerprint density at radius 3 is 2.50 bits per heavy atom. The first-order chi connectivity index (χ1) is 16.2. The van der Waals surface area contributed by atoms with Gasteiger partial charge in [0, 0.05) is 37.9 Å². The Bertz CT molecular complexity index is 1070. The highest BCUT2D eigenvalue weighted by Gasteiger charge is 2.34. The number of benzene rings is 1. The summed E-state index contributed by atoms with van der Waals surface area (Å²) < 4.78 is 33.7. The first-order valence-electron chi connectivity index (χ1n) is 12.2. The number of nitrogens with zero attached hydrogens (tertiary/aromatic N) is 4. The second-order valence-corrected chi connectivity index (χ2v) is 12.1. The molecule has 8 heteroatoms. The van der Waals surface area contributed by atoms with Gasteiger partial charge >= 0.3 is 0 Å². The SMILES string of the molecule is COc1ccccc1CC1CCN(S(=O)(=O)c2ccc(N3CCCC(C)(N(C)C)C3)nc2)CC1. The maximum Gasteiger partial charge on any atom is 0.244 e. The molecule has 0 aliphatic carbocycles. The summed E-state index contributed by atoms with van der Waals surface area (Å²) >= 11 is 0. The number of ether oxygens (including phenoxy) is 1. The van der Waals surface area contributed by atoms with E-state index in [9.17, 15) is 8.42 Å². The van der Waals surface area contributed by atoms with E-state index in [1.807, 2.05) is 24.3 Å². The molecular weight excluding hydrogens is 448 g/mol. The number of likely N-dealkylation sites (N-methyl/N-ethyl adjacent to an activating group) is 1. The zero-order valence-corrected chi connectivity index (χ0v) is 21.7. The number of rotatable bonds is 7. The molecule has 7 nitrogen and oxygen atoms in total. The van der Waals surface area contributed by atoms with Crippen molar-refractivity contribution in [1.82, 2.24) is 14.2 Å². The van der Waals surface area contributed by atoms with E-state index in [1.54, 1.807) is 17.5 Å². The number of para-hydroxylation sites is 1. The standard InChI is InChI=1S/C26H38N4O3S/c1-26(28(2)3)14-7-15-29(20-26)25-11-10-23(19-27-25)34(31,32)30-16-12-21(13-17-30)18-22-8-5-6-9-24(22)33-4/h5-6,8-11,19,21H,7,12-18,20H2,1-4H3. The molecule has 1 aromatic heterocycles. The molecule has 0 amide bonds. The van der Waals surface area contributed by atoms with Crippen LogP contribution >= 0.6 is 0 Å². The van der Waals surface area contributed by atoms with E-state index in [1.165, 1.54) is 11.8 Å². The number of hydrogen-bond acceptors (Lipinski definition) is 6. The Labute approximate surface area is 204 Å². The maximum atomic E-state index is 13.3. The third kappa shape index (κ3) is 5.24. The number of sulfonamides is 1. The van der Waals surface area contributed by atoms with Gasteiger partial charge in [0.2, 0.25) is 10.0 Å². The van der Waals surface area contributed by atoms with Crippen LogP contribution in [0.2, 0.25) is 0 Å². The first kappa shape index (κ1) is 24.9. The van der Waals surface area contributed by atoms with Gasteiger partial charge in [-0.25, -0.2) is 13.4 Å². The van der Waals surface area contributed by atoms with Crippen molar-refractivity contribution in [3.8, 4) is 5.75 Å². The van der Waals surface area contributed by atoms with Crippen LogP contribution in [0.15, 0.2) is 47.5 Å². The van der Waals surface area contributed by atoms with E-state index in [-0.39, 0.29) is 10.4 Å². The lowest BCUT2D eigenvalue weighted by atomic mass is 9.90. The predicted octanol–water partition coefficient (Wildman–Crippen LogP) is 3.65. The molecule has 0 saturated carbocycles. The highest BCUT2D eigenvalue weighted by molar-refractivity contribution is 7.89. The van der Waals surface area contributed by atoms with E-state index in [2.05, 4.69) is 41.9 Å². The summed E-state index contributed by atoms with van der Waals surface area (Å²) in [4.78, 5) is 9.39. The van der Waals surface area contributed by atoms with Crippen LogP contribution in [0.5, 0.6) is 5.75 Å². The molecule has 186 valence electrons. The Kier molecular flexibility index (Phi) is 7.50. The van der Waals surface area contributed by atoms with Gasteiger partial charge in [-0.2, -0.15) is 4.31 Å². The number of aromatic nitrogens is 1. The van der Waals surface area contributed by atoms with Crippen molar-refractivity contribution >= 4 is 15.8 Å². The van der Waals surface area contributed by atoms with Gasteiger partial charge in [-0.3, -0.25) is 0 Å². The van der Waals surface area contributed by atoms with Crippen LogP contribution in [-0.4, -0.2) is 75.5 Å². The van der Waals surface area contributed by atoms with Gasteiger partial charge in [0.1, 0.15) is 16.5 Å². The second-order valence-electron chi connectivity index (χ2n) is 10.1. The minimum Gasteiger partial charge on any atom is -0.496 e. The highest BCUT2D eigenvalue weighted by atomic mass is 32.2. The van der Waals surface area contributed by atoms with Crippen molar-refractivity contribution in [1.29, 1.82) is 0 Å². The third-order valence-corrected chi connectivity index (χ3v) is 9.59. The van der Waals surface area contributed by atoms with Crippen LogP contribution in [0.4, 0.5) is 5.82 Å². The fraction of sp³-hybridized carbons (Fsp3) is 0.577. The summed E-state index contributed by atoms with van der Waals surface area (Å²) in [7, 11) is 2.39. The molecule has 2 saturated heterocycles. The maximum absolute atomic E-state index is 13.3. The molecule has 2 aliphatic rings. The summed E-state index contributed by atoms with van der Waals surface area (Å²) in [6.07, 6.45) is 6.39. The van der Waals surface area contributed by atoms with Gasteiger partial charge in [0.25, 0.3) is 0 Å². The molecule has 4 rings (SSSR count). The largest absolute Gasteiger partial charge is 0.496 e. The average molecular weight is 487 g/mol. The predicted molar refractivity (Wildman–Crippen MR) is 136 cm³/mol. The number of anilines is 1. The Hall–Kier alpha value is -2.16. The molecular formula is C26H38N4O3S. The van der Waals surface area contributed by atoms with Crippen molar-refractivity contribution in [2.75, 3.05) is 52.3 Å². The van der Waals surface area contributed by atoms with Crippen molar-refractivity contribution in [2.45, 2.75) is 49.5 Å². The summed E-state index contributed by atoms with van der Waals surface area (Å²) in [5, 5.41) is 0.